The van der Waals surface area contributed by atoms with Crippen molar-refractivity contribution in [1.29, 1.82) is 0 Å². The molecule has 6 heteroatoms. The SMILES string of the molecule is Cc1ccc(S(=O)(=O)[N-][C@H](c2ccccc2)[C@H]([NH-])c2ccccc2)cc1.[CH3-].[Ir+3]. The Balaban J connectivity index is 0.00000196. The van der Waals surface area contributed by atoms with Crippen LogP contribution in [-0.4, -0.2) is 8.42 Å². The van der Waals surface area contributed by atoms with Crippen LogP contribution >= 0.6 is 0 Å². The van der Waals surface area contributed by atoms with Crippen molar-refractivity contribution in [2.75, 3.05) is 0 Å². The summed E-state index contributed by atoms with van der Waals surface area (Å²) in [5.41, 5.74) is 11.0. The number of benzene rings is 3. The molecule has 0 radical (unpaired) electrons. The number of sulfonamides is 1. The maximum atomic E-state index is 12.8. The van der Waals surface area contributed by atoms with Gasteiger partial charge in [0.15, 0.2) is 0 Å². The van der Waals surface area contributed by atoms with Gasteiger partial charge in [-0.2, -0.15) is 0 Å². The Kier molecular flexibility index (Phi) is 9.21. The number of hydrogen-bond donors (Lipinski definition) is 0. The number of hydrogen-bond acceptors (Lipinski definition) is 2. The van der Waals surface area contributed by atoms with Crippen molar-refractivity contribution in [3.8, 4) is 0 Å². The minimum absolute atomic E-state index is 0. The van der Waals surface area contributed by atoms with Gasteiger partial charge in [-0.1, -0.05) is 89.5 Å². The molecule has 0 aliphatic rings. The van der Waals surface area contributed by atoms with Crippen molar-refractivity contribution in [3.63, 3.8) is 0 Å². The van der Waals surface area contributed by atoms with E-state index < -0.39 is 22.1 Å². The summed E-state index contributed by atoms with van der Waals surface area (Å²) in [6, 6.07) is 23.3. The number of rotatable bonds is 6. The van der Waals surface area contributed by atoms with Gasteiger partial charge in [-0.15, -0.1) is 12.1 Å². The molecule has 0 bridgehead atoms. The molecule has 0 unspecified atom stereocenters. The maximum absolute atomic E-state index is 12.8. The first-order valence-corrected chi connectivity index (χ1v) is 9.76. The third-order valence-electron chi connectivity index (χ3n) is 4.19. The summed E-state index contributed by atoms with van der Waals surface area (Å²) in [6.45, 7) is 1.90. The molecule has 2 atom stereocenters. The Bertz CT molecular complexity index is 947. The monoisotopic (exact) mass is 572 g/mol. The quantitative estimate of drug-likeness (QED) is 0.339. The average molecular weight is 572 g/mol. The number of nitrogens with one attached hydrogen (secondary N) is 1. The molecule has 0 spiro atoms. The maximum Gasteiger partial charge on any atom is 3.00 e. The molecule has 0 aliphatic carbocycles. The zero-order valence-corrected chi connectivity index (χ0v) is 19.0. The Morgan fingerprint density at radius 3 is 1.75 bits per heavy atom. The summed E-state index contributed by atoms with van der Waals surface area (Å²) in [5, 5.41) is 0. The number of nitrogens with zero attached hydrogens (tertiary/aromatic N) is 1. The molecule has 0 saturated heterocycles. The molecule has 3 aromatic carbocycles. The van der Waals surface area contributed by atoms with E-state index >= 15 is 0 Å². The molecule has 0 aromatic heterocycles. The third kappa shape index (κ3) is 5.84. The van der Waals surface area contributed by atoms with Crippen LogP contribution in [0, 0.1) is 14.4 Å². The predicted molar refractivity (Wildman–Crippen MR) is 111 cm³/mol. The van der Waals surface area contributed by atoms with Crippen LogP contribution in [-0.2, 0) is 30.1 Å². The van der Waals surface area contributed by atoms with Gasteiger partial charge in [0.1, 0.15) is 10.0 Å². The average Bonchev–Trinajstić information content (AvgIpc) is 2.67. The van der Waals surface area contributed by atoms with E-state index in [1.807, 2.05) is 67.6 Å². The van der Waals surface area contributed by atoms with Crippen LogP contribution in [0.2, 0.25) is 0 Å². The molecular formula is C22H23IrN2O2S. The van der Waals surface area contributed by atoms with Crippen LogP contribution in [0.3, 0.4) is 0 Å². The summed E-state index contributed by atoms with van der Waals surface area (Å²) >= 11 is 0. The van der Waals surface area contributed by atoms with E-state index in [1.54, 1.807) is 24.3 Å². The zero-order valence-electron chi connectivity index (χ0n) is 15.7. The third-order valence-corrected chi connectivity index (χ3v) is 5.56. The topological polar surface area (TPSA) is 72.0 Å². The second kappa shape index (κ2) is 10.6. The van der Waals surface area contributed by atoms with Crippen LogP contribution in [0.1, 0.15) is 28.8 Å². The summed E-state index contributed by atoms with van der Waals surface area (Å²) in [5.74, 6) is 0. The second-order valence-electron chi connectivity index (χ2n) is 6.14. The van der Waals surface area contributed by atoms with Gasteiger partial charge in [-0.3, -0.25) is 0 Å². The Hall–Kier alpha value is -1.82. The molecule has 4 nitrogen and oxygen atoms in total. The number of aryl methyl sites for hydroxylation is 1. The van der Waals surface area contributed by atoms with E-state index in [0.29, 0.717) is 5.56 Å². The van der Waals surface area contributed by atoms with Gasteiger partial charge >= 0.3 is 20.1 Å². The molecule has 0 heterocycles. The first-order chi connectivity index (χ1) is 12.5. The van der Waals surface area contributed by atoms with Crippen LogP contribution < -0.4 is 0 Å². The van der Waals surface area contributed by atoms with Gasteiger partial charge in [0.25, 0.3) is 0 Å². The van der Waals surface area contributed by atoms with Crippen molar-refractivity contribution >= 4 is 10.0 Å². The fraction of sp³-hybridized carbons (Fsp3) is 0.136. The van der Waals surface area contributed by atoms with E-state index in [0.717, 1.165) is 11.1 Å². The molecule has 3 rings (SSSR count). The fourth-order valence-electron chi connectivity index (χ4n) is 2.73. The summed E-state index contributed by atoms with van der Waals surface area (Å²) in [4.78, 5) is 0.143. The van der Waals surface area contributed by atoms with Crippen molar-refractivity contribution in [1.82, 2.24) is 0 Å². The largest absolute Gasteiger partial charge is 3.00 e. The van der Waals surface area contributed by atoms with Crippen molar-refractivity contribution in [3.05, 3.63) is 120 Å². The van der Waals surface area contributed by atoms with Crippen molar-refractivity contribution in [2.45, 2.75) is 23.9 Å². The molecule has 1 N–H and O–H groups in total. The van der Waals surface area contributed by atoms with Gasteiger partial charge in [0.2, 0.25) is 0 Å². The van der Waals surface area contributed by atoms with Crippen LogP contribution in [0.25, 0.3) is 10.5 Å². The molecule has 148 valence electrons. The molecule has 0 amide bonds. The summed E-state index contributed by atoms with van der Waals surface area (Å²) < 4.78 is 29.8. The first-order valence-electron chi connectivity index (χ1n) is 8.32. The predicted octanol–water partition coefficient (Wildman–Crippen LogP) is 6.04. The Morgan fingerprint density at radius 1 is 0.786 bits per heavy atom. The Labute approximate surface area is 181 Å². The van der Waals surface area contributed by atoms with Gasteiger partial charge in [-0.05, 0) is 19.1 Å². The first kappa shape index (κ1) is 24.2. The summed E-state index contributed by atoms with van der Waals surface area (Å²) in [6.07, 6.45) is 0. The van der Waals surface area contributed by atoms with E-state index in [-0.39, 0.29) is 32.4 Å². The van der Waals surface area contributed by atoms with Gasteiger partial charge in [0.05, 0.1) is 0 Å². The molecule has 0 aliphatic heterocycles. The minimum Gasteiger partial charge on any atom is -0.672 e. The van der Waals surface area contributed by atoms with Crippen LogP contribution in [0.15, 0.2) is 89.8 Å². The van der Waals surface area contributed by atoms with E-state index in [4.69, 9.17) is 5.73 Å². The normalized spacial score (nSPS) is 12.9. The van der Waals surface area contributed by atoms with Crippen LogP contribution in [0.4, 0.5) is 0 Å². The van der Waals surface area contributed by atoms with Crippen molar-refractivity contribution in [2.24, 2.45) is 0 Å². The smallest absolute Gasteiger partial charge is 0.672 e. The standard InChI is InChI=1S/C21H20N2O2S.CH3.Ir/c1-16-12-14-19(15-13-16)26(24,25)23-21(18-10-6-3-7-11-18)20(22)17-8-4-2-5-9-17;;/h2-15,20-22H,1H3;1H3;/q-2;-1;+3/t20-,21-;;/m1../s1. The summed E-state index contributed by atoms with van der Waals surface area (Å²) in [7, 11) is -3.87. The van der Waals surface area contributed by atoms with Gasteiger partial charge < -0.3 is 17.9 Å². The molecular weight excluding hydrogens is 549 g/mol. The molecule has 3 aromatic rings. The molecule has 0 fully saturated rings. The van der Waals surface area contributed by atoms with Gasteiger partial charge in [0, 0.05) is 4.90 Å². The minimum atomic E-state index is -3.87. The fourth-order valence-corrected chi connectivity index (χ4v) is 3.87. The Morgan fingerprint density at radius 2 is 1.25 bits per heavy atom. The van der Waals surface area contributed by atoms with Crippen molar-refractivity contribution < 1.29 is 28.5 Å². The van der Waals surface area contributed by atoms with E-state index in [2.05, 4.69) is 4.72 Å². The van der Waals surface area contributed by atoms with Gasteiger partial charge in [-0.25, -0.2) is 8.42 Å². The van der Waals surface area contributed by atoms with Crippen LogP contribution in [0.5, 0.6) is 0 Å². The molecule has 0 saturated carbocycles. The molecule has 28 heavy (non-hydrogen) atoms. The zero-order chi connectivity index (χ0) is 18.6. The van der Waals surface area contributed by atoms with E-state index in [9.17, 15) is 8.42 Å². The van der Waals surface area contributed by atoms with E-state index in [1.165, 1.54) is 0 Å². The second-order valence-corrected chi connectivity index (χ2v) is 7.77.